The van der Waals surface area contributed by atoms with Gasteiger partial charge in [0.05, 0.1) is 6.54 Å². The van der Waals surface area contributed by atoms with Gasteiger partial charge < -0.3 is 10.1 Å². The lowest BCUT2D eigenvalue weighted by Crippen LogP contribution is -2.35. The van der Waals surface area contributed by atoms with Crippen LogP contribution in [-0.4, -0.2) is 37.3 Å². The van der Waals surface area contributed by atoms with Crippen molar-refractivity contribution in [2.24, 2.45) is 0 Å². The Labute approximate surface area is 121 Å². The summed E-state index contributed by atoms with van der Waals surface area (Å²) in [4.78, 5) is 13.3. The number of ether oxygens (including phenoxy) is 1. The largest absolute Gasteiger partial charge is 0.573 e. The van der Waals surface area contributed by atoms with Crippen LogP contribution in [0.5, 0.6) is 5.75 Å². The number of nitrogens with zero attached hydrogens (tertiary/aromatic N) is 1. The molecule has 1 aromatic rings. The van der Waals surface area contributed by atoms with Crippen molar-refractivity contribution in [1.82, 2.24) is 10.2 Å². The van der Waals surface area contributed by atoms with Crippen LogP contribution in [0.15, 0.2) is 24.3 Å². The van der Waals surface area contributed by atoms with E-state index in [9.17, 15) is 18.0 Å². The van der Waals surface area contributed by atoms with Crippen molar-refractivity contribution in [2.75, 3.05) is 20.1 Å². The van der Waals surface area contributed by atoms with Crippen molar-refractivity contribution in [3.05, 3.63) is 29.8 Å². The van der Waals surface area contributed by atoms with Crippen LogP contribution in [-0.2, 0) is 11.3 Å². The van der Waals surface area contributed by atoms with Crippen LogP contribution in [0.2, 0.25) is 0 Å². The van der Waals surface area contributed by atoms with Crippen LogP contribution < -0.4 is 10.1 Å². The maximum Gasteiger partial charge on any atom is 0.573 e. The third kappa shape index (κ3) is 7.55. The predicted octanol–water partition coefficient (Wildman–Crippen LogP) is 2.54. The maximum atomic E-state index is 12.0. The van der Waals surface area contributed by atoms with E-state index in [1.54, 1.807) is 24.1 Å². The molecule has 0 bridgehead atoms. The van der Waals surface area contributed by atoms with Crippen LogP contribution in [0.25, 0.3) is 0 Å². The Bertz CT molecular complexity index is 447. The zero-order valence-electron chi connectivity index (χ0n) is 12.0. The highest BCUT2D eigenvalue weighted by Gasteiger charge is 2.30. The van der Waals surface area contributed by atoms with E-state index in [0.717, 1.165) is 12.0 Å². The summed E-state index contributed by atoms with van der Waals surface area (Å²) < 4.78 is 39.9. The average Bonchev–Trinajstić information content (AvgIpc) is 2.37. The Morgan fingerprint density at radius 3 is 2.43 bits per heavy atom. The lowest BCUT2D eigenvalue weighted by atomic mass is 10.2. The van der Waals surface area contributed by atoms with Gasteiger partial charge >= 0.3 is 6.36 Å². The van der Waals surface area contributed by atoms with Crippen LogP contribution in [0.4, 0.5) is 13.2 Å². The smallest absolute Gasteiger partial charge is 0.406 e. The molecule has 4 nitrogen and oxygen atoms in total. The Hall–Kier alpha value is -1.76. The lowest BCUT2D eigenvalue weighted by Gasteiger charge is -2.16. The summed E-state index contributed by atoms with van der Waals surface area (Å²) in [5.41, 5.74) is 0.801. The van der Waals surface area contributed by atoms with E-state index < -0.39 is 6.36 Å². The van der Waals surface area contributed by atoms with Crippen molar-refractivity contribution < 1.29 is 22.7 Å². The lowest BCUT2D eigenvalue weighted by molar-refractivity contribution is -0.274. The van der Waals surface area contributed by atoms with E-state index in [-0.39, 0.29) is 18.2 Å². The normalized spacial score (nSPS) is 11.5. The number of carbonyl (C=O) groups is 1. The average molecular weight is 304 g/mol. The van der Waals surface area contributed by atoms with Crippen molar-refractivity contribution in [2.45, 2.75) is 26.3 Å². The molecule has 0 aliphatic rings. The molecule has 1 aromatic carbocycles. The van der Waals surface area contributed by atoms with E-state index in [4.69, 9.17) is 0 Å². The highest BCUT2D eigenvalue weighted by atomic mass is 19.4. The number of rotatable bonds is 7. The molecule has 1 amide bonds. The fourth-order valence-electron chi connectivity index (χ4n) is 1.73. The molecule has 0 saturated carbocycles. The molecule has 0 radical (unpaired) electrons. The van der Waals surface area contributed by atoms with Gasteiger partial charge in [0.25, 0.3) is 0 Å². The molecule has 118 valence electrons. The van der Waals surface area contributed by atoms with Gasteiger partial charge in [0.2, 0.25) is 5.91 Å². The minimum atomic E-state index is -4.68. The minimum absolute atomic E-state index is 0.0728. The number of benzene rings is 1. The topological polar surface area (TPSA) is 41.6 Å². The number of carbonyl (C=O) groups excluding carboxylic acids is 1. The van der Waals surface area contributed by atoms with Crippen molar-refractivity contribution in [1.29, 1.82) is 0 Å². The van der Waals surface area contributed by atoms with Gasteiger partial charge in [0.15, 0.2) is 0 Å². The second kappa shape index (κ2) is 7.87. The molecule has 0 aliphatic carbocycles. The zero-order valence-corrected chi connectivity index (χ0v) is 12.0. The van der Waals surface area contributed by atoms with E-state index in [0.29, 0.717) is 13.1 Å². The van der Waals surface area contributed by atoms with E-state index >= 15 is 0 Å². The molecule has 21 heavy (non-hydrogen) atoms. The number of alkyl halides is 3. The maximum absolute atomic E-state index is 12.0. The molecule has 0 spiro atoms. The Morgan fingerprint density at radius 1 is 1.29 bits per heavy atom. The highest BCUT2D eigenvalue weighted by Crippen LogP contribution is 2.22. The van der Waals surface area contributed by atoms with Crippen molar-refractivity contribution in [3.63, 3.8) is 0 Å². The molecule has 0 unspecified atom stereocenters. The van der Waals surface area contributed by atoms with Gasteiger partial charge in [-0.1, -0.05) is 19.1 Å². The molecule has 0 heterocycles. The Kier molecular flexibility index (Phi) is 6.48. The first-order chi connectivity index (χ1) is 9.80. The van der Waals surface area contributed by atoms with Gasteiger partial charge in [-0.3, -0.25) is 9.69 Å². The number of amides is 1. The summed E-state index contributed by atoms with van der Waals surface area (Å²) in [6.07, 6.45) is -3.81. The molecule has 0 aromatic heterocycles. The zero-order chi connectivity index (χ0) is 15.9. The predicted molar refractivity (Wildman–Crippen MR) is 72.8 cm³/mol. The summed E-state index contributed by atoms with van der Waals surface area (Å²) in [7, 11) is 1.77. The molecule has 1 N–H and O–H groups in total. The Balaban J connectivity index is 2.46. The van der Waals surface area contributed by atoms with Crippen LogP contribution >= 0.6 is 0 Å². The van der Waals surface area contributed by atoms with Gasteiger partial charge in [0.1, 0.15) is 5.75 Å². The van der Waals surface area contributed by atoms with Gasteiger partial charge in [0, 0.05) is 13.1 Å². The quantitative estimate of drug-likeness (QED) is 0.841. The second-order valence-electron chi connectivity index (χ2n) is 4.71. The summed E-state index contributed by atoms with van der Waals surface area (Å²) in [5.74, 6) is -0.328. The summed E-state index contributed by atoms with van der Waals surface area (Å²) >= 11 is 0. The molecule has 0 atom stereocenters. The first-order valence-corrected chi connectivity index (χ1v) is 6.60. The molecule has 1 rings (SSSR count). The SMILES string of the molecule is CCCNC(=O)CN(C)Cc1ccc(OC(F)(F)F)cc1. The fourth-order valence-corrected chi connectivity index (χ4v) is 1.73. The fraction of sp³-hybridized carbons (Fsp3) is 0.500. The first kappa shape index (κ1) is 17.3. The summed E-state index contributed by atoms with van der Waals surface area (Å²) in [6, 6.07) is 5.60. The monoisotopic (exact) mass is 304 g/mol. The van der Waals surface area contributed by atoms with Crippen LogP contribution in [0, 0.1) is 0 Å². The van der Waals surface area contributed by atoms with Crippen molar-refractivity contribution in [3.8, 4) is 5.75 Å². The molecule has 7 heteroatoms. The van der Waals surface area contributed by atoms with Gasteiger partial charge in [-0.05, 0) is 31.2 Å². The molecular formula is C14H19F3N2O2. The van der Waals surface area contributed by atoms with Crippen LogP contribution in [0.3, 0.4) is 0 Å². The van der Waals surface area contributed by atoms with E-state index in [1.807, 2.05) is 6.92 Å². The van der Waals surface area contributed by atoms with Gasteiger partial charge in [-0.25, -0.2) is 0 Å². The summed E-state index contributed by atoms with van der Waals surface area (Å²) in [6.45, 7) is 3.30. The number of likely N-dealkylation sites (N-methyl/N-ethyl adjacent to an activating group) is 1. The number of hydrogen-bond acceptors (Lipinski definition) is 3. The third-order valence-electron chi connectivity index (χ3n) is 2.60. The van der Waals surface area contributed by atoms with Gasteiger partial charge in [-0.2, -0.15) is 0 Å². The van der Waals surface area contributed by atoms with Gasteiger partial charge in [-0.15, -0.1) is 13.2 Å². The first-order valence-electron chi connectivity index (χ1n) is 6.60. The molecule has 0 aliphatic heterocycles. The number of hydrogen-bond donors (Lipinski definition) is 1. The van der Waals surface area contributed by atoms with Crippen LogP contribution in [0.1, 0.15) is 18.9 Å². The van der Waals surface area contributed by atoms with Crippen molar-refractivity contribution >= 4 is 5.91 Å². The highest BCUT2D eigenvalue weighted by molar-refractivity contribution is 5.77. The standard InChI is InChI=1S/C14H19F3N2O2/c1-3-8-18-13(20)10-19(2)9-11-4-6-12(7-5-11)21-14(15,16)17/h4-7H,3,8-10H2,1-2H3,(H,18,20). The number of nitrogens with one attached hydrogen (secondary N) is 1. The number of halogens is 3. The second-order valence-corrected chi connectivity index (χ2v) is 4.71. The third-order valence-corrected chi connectivity index (χ3v) is 2.60. The van der Waals surface area contributed by atoms with E-state index in [1.165, 1.54) is 12.1 Å². The molecular weight excluding hydrogens is 285 g/mol. The van der Waals surface area contributed by atoms with E-state index in [2.05, 4.69) is 10.1 Å². The minimum Gasteiger partial charge on any atom is -0.406 e. The summed E-state index contributed by atoms with van der Waals surface area (Å²) in [5, 5.41) is 2.76. The molecule has 0 saturated heterocycles. The molecule has 0 fully saturated rings. The Morgan fingerprint density at radius 2 is 1.90 bits per heavy atom.